The number of hydrogen-bond acceptors (Lipinski definition) is 3. The molecule has 1 saturated heterocycles. The van der Waals surface area contributed by atoms with Gasteiger partial charge in [0.1, 0.15) is 6.07 Å². The Labute approximate surface area is 129 Å². The van der Waals surface area contributed by atoms with Crippen LogP contribution >= 0.6 is 15.9 Å². The van der Waals surface area contributed by atoms with Gasteiger partial charge in [-0.3, -0.25) is 0 Å². The molecular weight excluding hydrogens is 314 g/mol. The summed E-state index contributed by atoms with van der Waals surface area (Å²) in [7, 11) is 0. The predicted octanol–water partition coefficient (Wildman–Crippen LogP) is 3.29. The van der Waals surface area contributed by atoms with Gasteiger partial charge in [-0.05, 0) is 72.3 Å². The first-order chi connectivity index (χ1) is 9.76. The molecule has 106 valence electrons. The minimum absolute atomic E-state index is 0.614. The van der Waals surface area contributed by atoms with Crippen LogP contribution in [0.15, 0.2) is 22.7 Å². The molecule has 1 atom stereocenters. The molecule has 3 rings (SSSR count). The SMILES string of the molecule is N#Cc1ccc(N(CC2CC2)CC2CCCN2)cc1Br. The van der Waals surface area contributed by atoms with Crippen LogP contribution in [0.5, 0.6) is 0 Å². The fraction of sp³-hybridized carbons (Fsp3) is 0.562. The van der Waals surface area contributed by atoms with Crippen molar-refractivity contribution in [2.24, 2.45) is 5.92 Å². The van der Waals surface area contributed by atoms with Crippen LogP contribution in [0.1, 0.15) is 31.2 Å². The van der Waals surface area contributed by atoms with Crippen molar-refractivity contribution in [1.29, 1.82) is 5.26 Å². The van der Waals surface area contributed by atoms with E-state index in [2.05, 4.69) is 44.3 Å². The summed E-state index contributed by atoms with van der Waals surface area (Å²) in [5.74, 6) is 0.867. The molecule has 0 aromatic heterocycles. The van der Waals surface area contributed by atoms with Gasteiger partial charge in [0, 0.05) is 29.3 Å². The molecule has 1 aromatic rings. The Morgan fingerprint density at radius 2 is 2.15 bits per heavy atom. The number of rotatable bonds is 5. The van der Waals surface area contributed by atoms with Gasteiger partial charge in [-0.15, -0.1) is 0 Å². The van der Waals surface area contributed by atoms with Crippen LogP contribution < -0.4 is 10.2 Å². The van der Waals surface area contributed by atoms with E-state index in [4.69, 9.17) is 5.26 Å². The van der Waals surface area contributed by atoms with Crippen molar-refractivity contribution < 1.29 is 0 Å². The maximum atomic E-state index is 9.03. The quantitative estimate of drug-likeness (QED) is 0.898. The maximum Gasteiger partial charge on any atom is 0.100 e. The summed E-state index contributed by atoms with van der Waals surface area (Å²) in [5.41, 5.74) is 1.94. The molecule has 1 aromatic carbocycles. The Morgan fingerprint density at radius 1 is 1.30 bits per heavy atom. The average Bonchev–Trinajstić information content (AvgIpc) is 3.11. The fourth-order valence-electron chi connectivity index (χ4n) is 2.87. The third-order valence-electron chi connectivity index (χ3n) is 4.22. The van der Waals surface area contributed by atoms with Crippen LogP contribution in [0.4, 0.5) is 5.69 Å². The van der Waals surface area contributed by atoms with Gasteiger partial charge in [0.2, 0.25) is 0 Å². The Balaban J connectivity index is 1.76. The van der Waals surface area contributed by atoms with Gasteiger partial charge in [-0.25, -0.2) is 0 Å². The molecule has 1 heterocycles. The lowest BCUT2D eigenvalue weighted by molar-refractivity contribution is 0.570. The molecular formula is C16H20BrN3. The van der Waals surface area contributed by atoms with Crippen LogP contribution in [-0.2, 0) is 0 Å². The monoisotopic (exact) mass is 333 g/mol. The molecule has 1 unspecified atom stereocenters. The first-order valence-corrected chi connectivity index (χ1v) is 8.23. The van der Waals surface area contributed by atoms with Crippen LogP contribution in [0.2, 0.25) is 0 Å². The lowest BCUT2D eigenvalue weighted by Gasteiger charge is -2.28. The van der Waals surface area contributed by atoms with Gasteiger partial charge in [0.25, 0.3) is 0 Å². The highest BCUT2D eigenvalue weighted by molar-refractivity contribution is 9.10. The summed E-state index contributed by atoms with van der Waals surface area (Å²) in [6, 6.07) is 8.92. The Morgan fingerprint density at radius 3 is 2.75 bits per heavy atom. The van der Waals surface area contributed by atoms with E-state index in [9.17, 15) is 0 Å². The highest BCUT2D eigenvalue weighted by Crippen LogP contribution is 2.33. The van der Waals surface area contributed by atoms with Crippen molar-refractivity contribution in [3.63, 3.8) is 0 Å². The van der Waals surface area contributed by atoms with E-state index in [0.717, 1.165) is 30.0 Å². The second-order valence-electron chi connectivity index (χ2n) is 5.92. The first-order valence-electron chi connectivity index (χ1n) is 7.44. The molecule has 2 fully saturated rings. The van der Waals surface area contributed by atoms with Crippen LogP contribution in [-0.4, -0.2) is 25.7 Å². The second-order valence-corrected chi connectivity index (χ2v) is 6.77. The zero-order valence-corrected chi connectivity index (χ0v) is 13.2. The third-order valence-corrected chi connectivity index (χ3v) is 4.87. The predicted molar refractivity (Wildman–Crippen MR) is 84.8 cm³/mol. The van der Waals surface area contributed by atoms with Gasteiger partial charge in [0.15, 0.2) is 0 Å². The number of hydrogen-bond donors (Lipinski definition) is 1. The van der Waals surface area contributed by atoms with E-state index in [-0.39, 0.29) is 0 Å². The molecule has 1 saturated carbocycles. The molecule has 1 N–H and O–H groups in total. The molecule has 1 aliphatic carbocycles. The molecule has 0 bridgehead atoms. The maximum absolute atomic E-state index is 9.03. The fourth-order valence-corrected chi connectivity index (χ4v) is 3.32. The Kier molecular flexibility index (Phi) is 4.28. The summed E-state index contributed by atoms with van der Waals surface area (Å²) in [5, 5.41) is 12.6. The first kappa shape index (κ1) is 13.9. The van der Waals surface area contributed by atoms with Crippen molar-refractivity contribution in [3.8, 4) is 6.07 Å². The third kappa shape index (κ3) is 3.34. The van der Waals surface area contributed by atoms with Crippen molar-refractivity contribution in [2.75, 3.05) is 24.5 Å². The van der Waals surface area contributed by atoms with Gasteiger partial charge in [-0.1, -0.05) is 0 Å². The summed E-state index contributed by atoms with van der Waals surface area (Å²) < 4.78 is 0.901. The molecule has 3 nitrogen and oxygen atoms in total. The summed E-state index contributed by atoms with van der Waals surface area (Å²) in [6.45, 7) is 3.38. The van der Waals surface area contributed by atoms with E-state index in [1.54, 1.807) is 0 Å². The van der Waals surface area contributed by atoms with Crippen molar-refractivity contribution >= 4 is 21.6 Å². The number of nitrogens with one attached hydrogen (secondary N) is 1. The van der Waals surface area contributed by atoms with Crippen molar-refractivity contribution in [3.05, 3.63) is 28.2 Å². The van der Waals surface area contributed by atoms with Gasteiger partial charge in [0.05, 0.1) is 5.56 Å². The molecule has 0 radical (unpaired) electrons. The van der Waals surface area contributed by atoms with Gasteiger partial charge in [-0.2, -0.15) is 5.26 Å². The number of halogens is 1. The highest BCUT2D eigenvalue weighted by atomic mass is 79.9. The van der Waals surface area contributed by atoms with Gasteiger partial charge < -0.3 is 10.2 Å². The number of anilines is 1. The normalized spacial score (nSPS) is 21.7. The van der Waals surface area contributed by atoms with Crippen LogP contribution in [0.25, 0.3) is 0 Å². The minimum atomic E-state index is 0.614. The average molecular weight is 334 g/mol. The van der Waals surface area contributed by atoms with Crippen molar-refractivity contribution in [1.82, 2.24) is 5.32 Å². The van der Waals surface area contributed by atoms with E-state index < -0.39 is 0 Å². The van der Waals surface area contributed by atoms with E-state index in [1.165, 1.54) is 31.4 Å². The van der Waals surface area contributed by atoms with Crippen LogP contribution in [0.3, 0.4) is 0 Å². The zero-order valence-electron chi connectivity index (χ0n) is 11.6. The largest absolute Gasteiger partial charge is 0.370 e. The molecule has 20 heavy (non-hydrogen) atoms. The minimum Gasteiger partial charge on any atom is -0.370 e. The number of nitriles is 1. The molecule has 1 aliphatic heterocycles. The van der Waals surface area contributed by atoms with Crippen molar-refractivity contribution in [2.45, 2.75) is 31.7 Å². The van der Waals surface area contributed by atoms with Crippen LogP contribution in [0, 0.1) is 17.2 Å². The highest BCUT2D eigenvalue weighted by Gasteiger charge is 2.27. The zero-order chi connectivity index (χ0) is 13.9. The molecule has 0 spiro atoms. The standard InChI is InChI=1S/C16H20BrN3/c17-16-8-15(6-5-13(16)9-18)20(10-12-3-4-12)11-14-2-1-7-19-14/h5-6,8,12,14,19H,1-4,7,10-11H2. The summed E-state index contributed by atoms with van der Waals surface area (Å²) in [6.07, 6.45) is 5.30. The summed E-state index contributed by atoms with van der Waals surface area (Å²) in [4.78, 5) is 2.49. The topological polar surface area (TPSA) is 39.1 Å². The number of nitrogens with zero attached hydrogens (tertiary/aromatic N) is 2. The second kappa shape index (κ2) is 6.15. The summed E-state index contributed by atoms with van der Waals surface area (Å²) >= 11 is 3.51. The lowest BCUT2D eigenvalue weighted by Crippen LogP contribution is -2.38. The van der Waals surface area contributed by atoms with Gasteiger partial charge >= 0.3 is 0 Å². The van der Waals surface area contributed by atoms with E-state index in [0.29, 0.717) is 11.6 Å². The lowest BCUT2D eigenvalue weighted by atomic mass is 10.1. The molecule has 0 amide bonds. The smallest absolute Gasteiger partial charge is 0.100 e. The van der Waals surface area contributed by atoms with E-state index >= 15 is 0 Å². The molecule has 2 aliphatic rings. The van der Waals surface area contributed by atoms with E-state index in [1.807, 2.05) is 6.07 Å². The Hall–Kier alpha value is -1.05. The molecule has 4 heteroatoms. The number of benzene rings is 1. The Bertz CT molecular complexity index is 513.